The van der Waals surface area contributed by atoms with Gasteiger partial charge in [0.1, 0.15) is 0 Å². The minimum Gasteiger partial charge on any atom is -0.489 e. The van der Waals surface area contributed by atoms with Gasteiger partial charge in [0.2, 0.25) is 0 Å². The van der Waals surface area contributed by atoms with Crippen molar-refractivity contribution in [2.75, 3.05) is 19.8 Å². The zero-order chi connectivity index (χ0) is 16.8. The molecule has 1 aliphatic rings. The number of benzene rings is 2. The number of nitrogens with one attached hydrogen (secondary N) is 1. The van der Waals surface area contributed by atoms with Crippen LogP contribution in [0.25, 0.3) is 0 Å². The summed E-state index contributed by atoms with van der Waals surface area (Å²) in [5, 5.41) is 3.12. The molecule has 24 heavy (non-hydrogen) atoms. The Labute approximate surface area is 145 Å². The number of hydrogen-bond acceptors (Lipinski definition) is 3. The van der Waals surface area contributed by atoms with Gasteiger partial charge in [-0.05, 0) is 24.3 Å². The molecule has 0 radical (unpaired) electrons. The summed E-state index contributed by atoms with van der Waals surface area (Å²) in [4.78, 5) is 12.2. The van der Waals surface area contributed by atoms with Crippen LogP contribution in [0.1, 0.15) is 22.3 Å². The maximum absolute atomic E-state index is 12.2. The first-order chi connectivity index (χ1) is 11.7. The minimum absolute atomic E-state index is 0.250. The van der Waals surface area contributed by atoms with Crippen molar-refractivity contribution in [3.05, 3.63) is 58.6 Å². The van der Waals surface area contributed by atoms with E-state index in [1.165, 1.54) is 0 Å². The lowest BCUT2D eigenvalue weighted by Gasteiger charge is -2.11. The molecule has 0 aromatic heterocycles. The number of rotatable bonds is 2. The molecule has 3 rings (SSSR count). The number of ether oxygens (including phenoxy) is 2. The van der Waals surface area contributed by atoms with Gasteiger partial charge in [0.25, 0.3) is 5.91 Å². The van der Waals surface area contributed by atoms with Gasteiger partial charge in [0, 0.05) is 17.5 Å². The van der Waals surface area contributed by atoms with Crippen LogP contribution in [-0.4, -0.2) is 25.7 Å². The van der Waals surface area contributed by atoms with Crippen molar-refractivity contribution in [2.45, 2.75) is 6.42 Å². The van der Waals surface area contributed by atoms with Crippen LogP contribution < -0.4 is 14.8 Å². The number of hydrogen-bond donors (Lipinski definition) is 1. The predicted octanol–water partition coefficient (Wildman–Crippen LogP) is 3.28. The van der Waals surface area contributed by atoms with E-state index in [-0.39, 0.29) is 12.5 Å². The summed E-state index contributed by atoms with van der Waals surface area (Å²) in [5.41, 5.74) is 1.33. The monoisotopic (exact) mass is 341 g/mol. The van der Waals surface area contributed by atoms with Crippen LogP contribution in [0.5, 0.6) is 11.5 Å². The molecule has 0 fully saturated rings. The van der Waals surface area contributed by atoms with Gasteiger partial charge in [-0.1, -0.05) is 41.6 Å². The second-order valence-electron chi connectivity index (χ2n) is 5.19. The van der Waals surface area contributed by atoms with E-state index in [0.717, 1.165) is 12.0 Å². The van der Waals surface area contributed by atoms with E-state index in [1.807, 2.05) is 30.3 Å². The molecule has 1 heterocycles. The van der Waals surface area contributed by atoms with E-state index in [0.29, 0.717) is 35.3 Å². The third kappa shape index (κ3) is 4.01. The summed E-state index contributed by atoms with van der Waals surface area (Å²) in [6, 6.07) is 12.8. The Bertz CT molecular complexity index is 793. The van der Waals surface area contributed by atoms with Crippen molar-refractivity contribution in [1.82, 2.24) is 5.32 Å². The van der Waals surface area contributed by atoms with Crippen molar-refractivity contribution < 1.29 is 14.3 Å². The maximum atomic E-state index is 12.2. The molecular formula is C19H16ClNO3. The van der Waals surface area contributed by atoms with Gasteiger partial charge in [0.15, 0.2) is 11.5 Å². The predicted molar refractivity (Wildman–Crippen MR) is 92.7 cm³/mol. The molecular weight excluding hydrogens is 326 g/mol. The smallest absolute Gasteiger partial charge is 0.252 e. The van der Waals surface area contributed by atoms with Gasteiger partial charge in [-0.15, -0.1) is 0 Å². The van der Waals surface area contributed by atoms with Crippen LogP contribution in [0.2, 0.25) is 5.02 Å². The highest BCUT2D eigenvalue weighted by atomic mass is 35.5. The molecule has 1 N–H and O–H groups in total. The Kier molecular flexibility index (Phi) is 5.25. The highest BCUT2D eigenvalue weighted by molar-refractivity contribution is 6.32. The zero-order valence-electron chi connectivity index (χ0n) is 13.0. The SMILES string of the molecule is O=C(NCC#Cc1ccccc1)c1cc(Cl)c2c(c1)OCCCO2. The lowest BCUT2D eigenvalue weighted by molar-refractivity contribution is 0.0958. The molecule has 0 saturated carbocycles. The van der Waals surface area contributed by atoms with E-state index in [2.05, 4.69) is 17.2 Å². The molecule has 1 aliphatic heterocycles. The number of carbonyl (C=O) groups excluding carboxylic acids is 1. The first-order valence-corrected chi connectivity index (χ1v) is 8.03. The van der Waals surface area contributed by atoms with E-state index in [9.17, 15) is 4.79 Å². The Morgan fingerprint density at radius 1 is 1.17 bits per heavy atom. The van der Waals surface area contributed by atoms with Crippen LogP contribution in [0.4, 0.5) is 0 Å². The molecule has 5 heteroatoms. The highest BCUT2D eigenvalue weighted by Crippen LogP contribution is 2.37. The average molecular weight is 342 g/mol. The minimum atomic E-state index is -0.255. The van der Waals surface area contributed by atoms with Gasteiger partial charge in [-0.2, -0.15) is 0 Å². The molecule has 1 amide bonds. The highest BCUT2D eigenvalue weighted by Gasteiger charge is 2.18. The lowest BCUT2D eigenvalue weighted by atomic mass is 10.2. The fraction of sp³-hybridized carbons (Fsp3) is 0.211. The molecule has 0 atom stereocenters. The summed E-state index contributed by atoms with van der Waals surface area (Å²) >= 11 is 6.19. The maximum Gasteiger partial charge on any atom is 0.252 e. The number of amides is 1. The normalized spacial score (nSPS) is 12.5. The Hall–Kier alpha value is -2.64. The van der Waals surface area contributed by atoms with Crippen molar-refractivity contribution in [2.24, 2.45) is 0 Å². The summed E-state index contributed by atoms with van der Waals surface area (Å²) in [6.07, 6.45) is 0.779. The summed E-state index contributed by atoms with van der Waals surface area (Å²) in [5.74, 6) is 6.64. The Morgan fingerprint density at radius 2 is 1.96 bits per heavy atom. The van der Waals surface area contributed by atoms with E-state index >= 15 is 0 Å². The van der Waals surface area contributed by atoms with Crippen molar-refractivity contribution in [3.63, 3.8) is 0 Å². The Morgan fingerprint density at radius 3 is 2.79 bits per heavy atom. The third-order valence-electron chi connectivity index (χ3n) is 3.41. The molecule has 0 bridgehead atoms. The van der Waals surface area contributed by atoms with Crippen molar-refractivity contribution in [1.29, 1.82) is 0 Å². The fourth-order valence-corrected chi connectivity index (χ4v) is 2.52. The van der Waals surface area contributed by atoms with Gasteiger partial charge in [0.05, 0.1) is 24.8 Å². The van der Waals surface area contributed by atoms with Crippen molar-refractivity contribution >= 4 is 17.5 Å². The van der Waals surface area contributed by atoms with Gasteiger partial charge >= 0.3 is 0 Å². The summed E-state index contributed by atoms with van der Waals surface area (Å²) < 4.78 is 11.1. The average Bonchev–Trinajstić information content (AvgIpc) is 2.85. The topological polar surface area (TPSA) is 47.6 Å². The second kappa shape index (κ2) is 7.76. The quantitative estimate of drug-likeness (QED) is 0.853. The first-order valence-electron chi connectivity index (χ1n) is 7.65. The van der Waals surface area contributed by atoms with Gasteiger partial charge in [-0.25, -0.2) is 0 Å². The molecule has 2 aromatic carbocycles. The van der Waals surface area contributed by atoms with Crippen molar-refractivity contribution in [3.8, 4) is 23.3 Å². The number of fused-ring (bicyclic) bond motifs is 1. The Balaban J connectivity index is 1.66. The zero-order valence-corrected chi connectivity index (χ0v) is 13.7. The summed E-state index contributed by atoms with van der Waals surface area (Å²) in [6.45, 7) is 1.34. The molecule has 0 unspecified atom stereocenters. The largest absolute Gasteiger partial charge is 0.489 e. The van der Waals surface area contributed by atoms with Crippen LogP contribution >= 0.6 is 11.6 Å². The molecule has 0 saturated heterocycles. The van der Waals surface area contributed by atoms with Crippen LogP contribution in [0.3, 0.4) is 0 Å². The van der Waals surface area contributed by atoms with Crippen LogP contribution in [0, 0.1) is 11.8 Å². The van der Waals surface area contributed by atoms with E-state index < -0.39 is 0 Å². The molecule has 0 aliphatic carbocycles. The number of halogens is 1. The molecule has 2 aromatic rings. The lowest BCUT2D eigenvalue weighted by Crippen LogP contribution is -2.23. The second-order valence-corrected chi connectivity index (χ2v) is 5.59. The molecule has 4 nitrogen and oxygen atoms in total. The summed E-state index contributed by atoms with van der Waals surface area (Å²) in [7, 11) is 0. The standard InChI is InChI=1S/C19H16ClNO3/c20-16-12-15(13-17-18(16)24-11-5-10-23-17)19(22)21-9-4-8-14-6-2-1-3-7-14/h1-3,6-7,12-13H,5,9-11H2,(H,21,22). The molecule has 0 spiro atoms. The third-order valence-corrected chi connectivity index (χ3v) is 3.69. The molecule has 122 valence electrons. The first kappa shape index (κ1) is 16.2. The fourth-order valence-electron chi connectivity index (χ4n) is 2.26. The van der Waals surface area contributed by atoms with Crippen LogP contribution in [0.15, 0.2) is 42.5 Å². The van der Waals surface area contributed by atoms with Crippen LogP contribution in [-0.2, 0) is 0 Å². The van der Waals surface area contributed by atoms with Gasteiger partial charge in [-0.3, -0.25) is 4.79 Å². The van der Waals surface area contributed by atoms with E-state index in [4.69, 9.17) is 21.1 Å². The van der Waals surface area contributed by atoms with Gasteiger partial charge < -0.3 is 14.8 Å². The van der Waals surface area contributed by atoms with E-state index in [1.54, 1.807) is 12.1 Å². The number of carbonyl (C=O) groups is 1.